The van der Waals surface area contributed by atoms with Crippen LogP contribution in [0.1, 0.15) is 0 Å². The Hall–Kier alpha value is -2.17. The quantitative estimate of drug-likeness (QED) is 0.791. The van der Waals surface area contributed by atoms with E-state index in [1.54, 1.807) is 43.5 Å². The van der Waals surface area contributed by atoms with E-state index in [4.69, 9.17) is 27.9 Å². The molecule has 0 spiro atoms. The van der Waals surface area contributed by atoms with Crippen LogP contribution >= 0.6 is 11.6 Å². The van der Waals surface area contributed by atoms with Gasteiger partial charge in [-0.1, -0.05) is 17.7 Å². The number of hydrogen-bond donors (Lipinski definition) is 1. The van der Waals surface area contributed by atoms with Gasteiger partial charge in [0.15, 0.2) is 5.57 Å². The second-order valence-electron chi connectivity index (χ2n) is 3.02. The molecule has 1 aromatic rings. The van der Waals surface area contributed by atoms with Gasteiger partial charge in [0.05, 0.1) is 0 Å². The molecule has 0 atom stereocenters. The Balaban J connectivity index is 3.14. The van der Waals surface area contributed by atoms with Gasteiger partial charge in [-0.2, -0.15) is 10.5 Å². The molecule has 1 rings (SSSR count). The van der Waals surface area contributed by atoms with E-state index in [1.165, 1.54) is 4.90 Å². The lowest BCUT2D eigenvalue weighted by Gasteiger charge is -2.19. The number of halogens is 1. The third kappa shape index (κ3) is 2.44. The Kier molecular flexibility index (Phi) is 3.77. The third-order valence-corrected chi connectivity index (χ3v) is 2.27. The first kappa shape index (κ1) is 11.9. The number of rotatable bonds is 2. The predicted molar refractivity (Wildman–Crippen MR) is 62.3 cm³/mol. The second kappa shape index (κ2) is 5.06. The number of anilines is 1. The molecule has 0 aliphatic rings. The Morgan fingerprint density at radius 1 is 1.38 bits per heavy atom. The molecular weight excluding hydrogens is 224 g/mol. The van der Waals surface area contributed by atoms with Gasteiger partial charge in [0.2, 0.25) is 0 Å². The highest BCUT2D eigenvalue weighted by molar-refractivity contribution is 6.30. The summed E-state index contributed by atoms with van der Waals surface area (Å²) in [6.45, 7) is 0. The van der Waals surface area contributed by atoms with E-state index >= 15 is 0 Å². The van der Waals surface area contributed by atoms with Crippen molar-refractivity contribution in [2.45, 2.75) is 0 Å². The largest absolute Gasteiger partial charge is 0.383 e. The highest BCUT2D eigenvalue weighted by Crippen LogP contribution is 2.20. The van der Waals surface area contributed by atoms with E-state index in [9.17, 15) is 0 Å². The van der Waals surface area contributed by atoms with Crippen LogP contribution in [0, 0.1) is 22.7 Å². The smallest absolute Gasteiger partial charge is 0.169 e. The van der Waals surface area contributed by atoms with Crippen molar-refractivity contribution >= 4 is 17.3 Å². The first-order valence-electron chi connectivity index (χ1n) is 4.39. The number of benzene rings is 1. The van der Waals surface area contributed by atoms with Crippen molar-refractivity contribution in [2.24, 2.45) is 5.73 Å². The molecule has 16 heavy (non-hydrogen) atoms. The summed E-state index contributed by atoms with van der Waals surface area (Å²) >= 11 is 5.83. The molecule has 2 N–H and O–H groups in total. The molecule has 4 nitrogen and oxygen atoms in total. The minimum atomic E-state index is -0.123. The number of nitriles is 2. The Morgan fingerprint density at radius 3 is 2.50 bits per heavy atom. The molecule has 0 saturated heterocycles. The summed E-state index contributed by atoms with van der Waals surface area (Å²) in [6, 6.07) is 10.4. The van der Waals surface area contributed by atoms with Gasteiger partial charge in [-0.15, -0.1) is 0 Å². The molecule has 0 saturated carbocycles. The molecule has 0 amide bonds. The summed E-state index contributed by atoms with van der Waals surface area (Å²) in [7, 11) is 1.66. The first-order valence-corrected chi connectivity index (χ1v) is 4.77. The summed E-state index contributed by atoms with van der Waals surface area (Å²) in [4.78, 5) is 1.54. The topological polar surface area (TPSA) is 76.8 Å². The monoisotopic (exact) mass is 232 g/mol. The highest BCUT2D eigenvalue weighted by atomic mass is 35.5. The van der Waals surface area contributed by atoms with Crippen molar-refractivity contribution in [2.75, 3.05) is 11.9 Å². The van der Waals surface area contributed by atoms with E-state index in [-0.39, 0.29) is 11.4 Å². The number of nitrogens with zero attached hydrogens (tertiary/aromatic N) is 3. The fraction of sp³-hybridized carbons (Fsp3) is 0.0909. The van der Waals surface area contributed by atoms with Gasteiger partial charge >= 0.3 is 0 Å². The summed E-state index contributed by atoms with van der Waals surface area (Å²) in [5.74, 6) is 0.104. The Bertz CT molecular complexity index is 491. The van der Waals surface area contributed by atoms with Gasteiger partial charge in [-0.05, 0) is 18.2 Å². The molecular formula is C11H9ClN4. The van der Waals surface area contributed by atoms with E-state index < -0.39 is 0 Å². The van der Waals surface area contributed by atoms with Gasteiger partial charge in [-0.25, -0.2) is 0 Å². The molecule has 0 unspecified atom stereocenters. The van der Waals surface area contributed by atoms with Crippen molar-refractivity contribution in [3.8, 4) is 12.1 Å². The summed E-state index contributed by atoms with van der Waals surface area (Å²) in [6.07, 6.45) is 0. The van der Waals surface area contributed by atoms with E-state index in [2.05, 4.69) is 0 Å². The average molecular weight is 233 g/mol. The van der Waals surface area contributed by atoms with Crippen molar-refractivity contribution < 1.29 is 0 Å². The maximum Gasteiger partial charge on any atom is 0.169 e. The van der Waals surface area contributed by atoms with Crippen LogP contribution in [0.15, 0.2) is 35.7 Å². The van der Waals surface area contributed by atoms with Gasteiger partial charge in [0, 0.05) is 17.8 Å². The van der Waals surface area contributed by atoms with Crippen LogP contribution in [-0.4, -0.2) is 7.05 Å². The molecule has 1 aromatic carbocycles. The lowest BCUT2D eigenvalue weighted by atomic mass is 10.2. The zero-order valence-corrected chi connectivity index (χ0v) is 9.36. The number of nitrogens with two attached hydrogens (primary N) is 1. The highest BCUT2D eigenvalue weighted by Gasteiger charge is 2.09. The molecule has 0 aliphatic heterocycles. The number of hydrogen-bond acceptors (Lipinski definition) is 4. The first-order chi connectivity index (χ1) is 7.60. The average Bonchev–Trinajstić information content (AvgIpc) is 2.29. The summed E-state index contributed by atoms with van der Waals surface area (Å²) in [5.41, 5.74) is 6.28. The minimum absolute atomic E-state index is 0.104. The van der Waals surface area contributed by atoms with E-state index in [1.807, 2.05) is 0 Å². The zero-order valence-electron chi connectivity index (χ0n) is 8.61. The van der Waals surface area contributed by atoms with Gasteiger partial charge < -0.3 is 10.6 Å². The van der Waals surface area contributed by atoms with Crippen molar-refractivity contribution in [3.63, 3.8) is 0 Å². The molecule has 0 radical (unpaired) electrons. The fourth-order valence-corrected chi connectivity index (χ4v) is 1.32. The van der Waals surface area contributed by atoms with Gasteiger partial charge in [0.25, 0.3) is 0 Å². The zero-order chi connectivity index (χ0) is 12.1. The van der Waals surface area contributed by atoms with Crippen molar-refractivity contribution in [1.29, 1.82) is 10.5 Å². The molecule has 0 heterocycles. The molecule has 0 aromatic heterocycles. The standard InChI is InChI=1S/C11H9ClN4/c1-16(11(15)8(6-13)7-14)10-4-2-3-9(12)5-10/h2-5H,15H2,1H3. The maximum atomic E-state index is 8.68. The molecule has 0 aliphatic carbocycles. The predicted octanol–water partition coefficient (Wildman–Crippen LogP) is 1.99. The molecule has 5 heteroatoms. The Morgan fingerprint density at radius 2 is 2.00 bits per heavy atom. The SMILES string of the molecule is CN(C(N)=C(C#N)C#N)c1cccc(Cl)c1. The van der Waals surface area contributed by atoms with E-state index in [0.717, 1.165) is 0 Å². The van der Waals surface area contributed by atoms with Crippen LogP contribution in [-0.2, 0) is 0 Å². The maximum absolute atomic E-state index is 8.68. The summed E-state index contributed by atoms with van der Waals surface area (Å²) < 4.78 is 0. The molecule has 0 fully saturated rings. The Labute approximate surface area is 98.8 Å². The van der Waals surface area contributed by atoms with E-state index in [0.29, 0.717) is 10.7 Å². The van der Waals surface area contributed by atoms with Crippen LogP contribution in [0.5, 0.6) is 0 Å². The lowest BCUT2D eigenvalue weighted by molar-refractivity contribution is 1.05. The fourth-order valence-electron chi connectivity index (χ4n) is 1.13. The summed E-state index contributed by atoms with van der Waals surface area (Å²) in [5, 5.41) is 17.9. The normalized spacial score (nSPS) is 8.75. The van der Waals surface area contributed by atoms with Crippen LogP contribution < -0.4 is 10.6 Å². The molecule has 80 valence electrons. The minimum Gasteiger partial charge on any atom is -0.383 e. The number of allylic oxidation sites excluding steroid dienone is 1. The van der Waals surface area contributed by atoms with Gasteiger partial charge in [0.1, 0.15) is 18.0 Å². The van der Waals surface area contributed by atoms with Crippen molar-refractivity contribution in [1.82, 2.24) is 0 Å². The van der Waals surface area contributed by atoms with Gasteiger partial charge in [-0.3, -0.25) is 0 Å². The van der Waals surface area contributed by atoms with Crippen molar-refractivity contribution in [3.05, 3.63) is 40.7 Å². The van der Waals surface area contributed by atoms with Crippen LogP contribution in [0.2, 0.25) is 5.02 Å². The van der Waals surface area contributed by atoms with Crippen LogP contribution in [0.4, 0.5) is 5.69 Å². The second-order valence-corrected chi connectivity index (χ2v) is 3.46. The third-order valence-electron chi connectivity index (χ3n) is 2.04. The molecule has 0 bridgehead atoms. The van der Waals surface area contributed by atoms with Crippen LogP contribution in [0.3, 0.4) is 0 Å². The lowest BCUT2D eigenvalue weighted by Crippen LogP contribution is -2.24. The van der Waals surface area contributed by atoms with Crippen LogP contribution in [0.25, 0.3) is 0 Å².